The van der Waals surface area contributed by atoms with Gasteiger partial charge in [0.15, 0.2) is 5.78 Å². The molecule has 2 aliphatic heterocycles. The molecular weight excluding hydrogens is 520 g/mol. The van der Waals surface area contributed by atoms with Crippen molar-refractivity contribution in [2.45, 2.75) is 88.5 Å². The molecule has 0 bridgehead atoms. The number of carbonyl (C=O) groups excluding carboxylic acids is 3. The van der Waals surface area contributed by atoms with E-state index in [2.05, 4.69) is 10.6 Å². The van der Waals surface area contributed by atoms with Crippen molar-refractivity contribution in [2.75, 3.05) is 14.2 Å². The smallest absolute Gasteiger partial charge is 0.255 e. The summed E-state index contributed by atoms with van der Waals surface area (Å²) < 4.78 is 11.6. The van der Waals surface area contributed by atoms with Gasteiger partial charge in [0, 0.05) is 38.1 Å². The third kappa shape index (κ3) is 5.11. The van der Waals surface area contributed by atoms with Crippen LogP contribution in [0.25, 0.3) is 0 Å². The first-order valence-electron chi connectivity index (χ1n) is 15.6. The summed E-state index contributed by atoms with van der Waals surface area (Å²) in [5, 5.41) is 17.5. The number of nitrogens with one attached hydrogen (secondary N) is 2. The van der Waals surface area contributed by atoms with E-state index in [-0.39, 0.29) is 76.5 Å². The van der Waals surface area contributed by atoms with Gasteiger partial charge in [0.1, 0.15) is 5.76 Å². The summed E-state index contributed by atoms with van der Waals surface area (Å²) >= 11 is 0. The van der Waals surface area contributed by atoms with Crippen LogP contribution in [-0.2, 0) is 23.9 Å². The van der Waals surface area contributed by atoms with Crippen LogP contribution in [0.2, 0.25) is 0 Å². The molecule has 0 aromatic carbocycles. The molecule has 4 aliphatic carbocycles. The zero-order chi connectivity index (χ0) is 28.7. The lowest BCUT2D eigenvalue weighted by Gasteiger charge is -2.50. The molecule has 1 saturated heterocycles. The van der Waals surface area contributed by atoms with E-state index in [0.717, 1.165) is 38.5 Å². The van der Waals surface area contributed by atoms with Crippen LogP contribution in [0.5, 0.6) is 0 Å². The maximum atomic E-state index is 13.4. The van der Waals surface area contributed by atoms with E-state index in [9.17, 15) is 19.5 Å². The molecule has 3 N–H and O–H groups in total. The lowest BCUT2D eigenvalue weighted by atomic mass is 9.61. The summed E-state index contributed by atoms with van der Waals surface area (Å²) in [6.07, 6.45) is 18.5. The molecule has 6 rings (SSSR count). The molecule has 5 fully saturated rings. The number of ether oxygens (including phenoxy) is 2. The van der Waals surface area contributed by atoms with Crippen LogP contribution in [0.3, 0.4) is 0 Å². The zero-order valence-electron chi connectivity index (χ0n) is 24.2. The van der Waals surface area contributed by atoms with Gasteiger partial charge in [0.25, 0.3) is 11.8 Å². The topological polar surface area (TPSA) is 114 Å². The van der Waals surface area contributed by atoms with Gasteiger partial charge < -0.3 is 25.2 Å². The molecule has 0 radical (unpaired) electrons. The first-order chi connectivity index (χ1) is 19.9. The van der Waals surface area contributed by atoms with Crippen LogP contribution in [0.4, 0.5) is 0 Å². The first kappa shape index (κ1) is 28.4. The summed E-state index contributed by atoms with van der Waals surface area (Å²) in [7, 11) is 3.47. The minimum absolute atomic E-state index is 0.0507. The molecule has 2 amide bonds. The highest BCUT2D eigenvalue weighted by atomic mass is 16.5. The van der Waals surface area contributed by atoms with E-state index in [1.54, 1.807) is 44.6 Å². The number of fused-ring (bicyclic) bond motifs is 6. The second-order valence-corrected chi connectivity index (χ2v) is 12.9. The minimum atomic E-state index is -0.311. The van der Waals surface area contributed by atoms with Crippen molar-refractivity contribution in [1.82, 2.24) is 10.6 Å². The molecule has 4 saturated carbocycles. The Labute approximate surface area is 242 Å². The third-order valence-electron chi connectivity index (χ3n) is 11.1. The monoisotopic (exact) mass is 564 g/mol. The quantitative estimate of drug-likeness (QED) is 0.263. The zero-order valence-corrected chi connectivity index (χ0v) is 24.2. The SMILES string of the molecule is COC1CC2C(=O)C(=CC=CC=CC3=C(O)C4CC(OC)C5CCCCC5C4NC3=O)C(=O)NC2C2CCCCC12. The second kappa shape index (κ2) is 11.9. The first-order valence-corrected chi connectivity index (χ1v) is 15.6. The molecule has 10 unspecified atom stereocenters. The van der Waals surface area contributed by atoms with E-state index in [0.29, 0.717) is 30.6 Å². The fourth-order valence-corrected chi connectivity index (χ4v) is 9.21. The highest BCUT2D eigenvalue weighted by molar-refractivity contribution is 6.22. The standard InChI is InChI=1S/C33H44N2O6/c1-40-26-16-24-28(20-12-8-6-10-18(20)26)34-32(38)22(30(24)36)14-4-3-5-15-23-31(37)25-17-27(41-2)19-11-7-9-13-21(19)29(25)35-33(23)39/h3-5,14-15,18-21,24-29,36H,6-13,16-17H2,1-2H3,(H,34,38)(H,35,39). The number of Topliss-reactive ketones (excluding diaryl/α,β-unsaturated/α-hetero) is 1. The molecule has 222 valence electrons. The fourth-order valence-electron chi connectivity index (χ4n) is 9.21. The van der Waals surface area contributed by atoms with Gasteiger partial charge in [-0.3, -0.25) is 14.4 Å². The van der Waals surface area contributed by atoms with Gasteiger partial charge >= 0.3 is 0 Å². The van der Waals surface area contributed by atoms with Crippen LogP contribution >= 0.6 is 0 Å². The number of allylic oxidation sites excluding steroid dienone is 4. The highest BCUT2D eigenvalue weighted by Gasteiger charge is 2.52. The van der Waals surface area contributed by atoms with Crippen molar-refractivity contribution in [3.63, 3.8) is 0 Å². The molecular formula is C33H44N2O6. The van der Waals surface area contributed by atoms with Crippen LogP contribution in [-0.4, -0.2) is 61.2 Å². The van der Waals surface area contributed by atoms with Gasteiger partial charge in [0.05, 0.1) is 23.4 Å². The van der Waals surface area contributed by atoms with Gasteiger partial charge in [-0.05, 0) is 74.3 Å². The lowest BCUT2D eigenvalue weighted by molar-refractivity contribution is -0.138. The van der Waals surface area contributed by atoms with Gasteiger partial charge in [-0.2, -0.15) is 0 Å². The highest BCUT2D eigenvalue weighted by Crippen LogP contribution is 2.48. The summed E-state index contributed by atoms with van der Waals surface area (Å²) in [5.41, 5.74) is 0.423. The molecule has 10 atom stereocenters. The van der Waals surface area contributed by atoms with E-state index in [4.69, 9.17) is 9.47 Å². The Kier molecular flexibility index (Phi) is 8.23. The van der Waals surface area contributed by atoms with Crippen molar-refractivity contribution >= 4 is 17.6 Å². The summed E-state index contributed by atoms with van der Waals surface area (Å²) in [5.74, 6) is 0.461. The fraction of sp³-hybridized carbons (Fsp3) is 0.667. The number of rotatable bonds is 5. The van der Waals surface area contributed by atoms with E-state index in [1.165, 1.54) is 12.8 Å². The van der Waals surface area contributed by atoms with Crippen molar-refractivity contribution in [3.05, 3.63) is 47.3 Å². The Hall–Kier alpha value is -2.71. The van der Waals surface area contributed by atoms with Crippen LogP contribution < -0.4 is 10.6 Å². The molecule has 8 heteroatoms. The summed E-state index contributed by atoms with van der Waals surface area (Å²) in [6, 6.07) is -0.171. The Morgan fingerprint density at radius 3 is 1.85 bits per heavy atom. The van der Waals surface area contributed by atoms with Crippen molar-refractivity contribution < 1.29 is 29.0 Å². The molecule has 0 aromatic rings. The summed E-state index contributed by atoms with van der Waals surface area (Å²) in [4.78, 5) is 39.4. The molecule has 6 aliphatic rings. The Morgan fingerprint density at radius 1 is 0.707 bits per heavy atom. The number of piperidine rings is 1. The minimum Gasteiger partial charge on any atom is -0.511 e. The van der Waals surface area contributed by atoms with Crippen LogP contribution in [0, 0.1) is 35.5 Å². The number of methoxy groups -OCH3 is 2. The normalized spacial score (nSPS) is 42.0. The number of amides is 2. The second-order valence-electron chi connectivity index (χ2n) is 12.9. The van der Waals surface area contributed by atoms with Gasteiger partial charge in [0.2, 0.25) is 0 Å². The van der Waals surface area contributed by atoms with Crippen LogP contribution in [0.1, 0.15) is 64.2 Å². The average molecular weight is 565 g/mol. The Morgan fingerprint density at radius 2 is 1.24 bits per heavy atom. The number of aliphatic hydroxyl groups excluding tert-OH is 1. The number of carbonyl (C=O) groups is 3. The molecule has 0 spiro atoms. The van der Waals surface area contributed by atoms with Crippen LogP contribution in [0.15, 0.2) is 47.3 Å². The van der Waals surface area contributed by atoms with Gasteiger partial charge in [-0.25, -0.2) is 0 Å². The van der Waals surface area contributed by atoms with Gasteiger partial charge in [-0.1, -0.05) is 43.9 Å². The van der Waals surface area contributed by atoms with Crippen molar-refractivity contribution in [2.24, 2.45) is 35.5 Å². The predicted octanol–water partition coefficient (Wildman–Crippen LogP) is 4.09. The largest absolute Gasteiger partial charge is 0.511 e. The number of ketones is 1. The lowest BCUT2D eigenvalue weighted by Crippen LogP contribution is -2.61. The predicted molar refractivity (Wildman–Crippen MR) is 154 cm³/mol. The number of hydrogen-bond donors (Lipinski definition) is 3. The summed E-state index contributed by atoms with van der Waals surface area (Å²) in [6.45, 7) is 0. The van der Waals surface area contributed by atoms with Crippen molar-refractivity contribution in [3.8, 4) is 0 Å². The number of hydrogen-bond acceptors (Lipinski definition) is 6. The molecule has 8 nitrogen and oxygen atoms in total. The van der Waals surface area contributed by atoms with E-state index < -0.39 is 0 Å². The maximum absolute atomic E-state index is 13.4. The Balaban J connectivity index is 1.15. The number of aliphatic hydroxyl groups is 1. The maximum Gasteiger partial charge on any atom is 0.255 e. The molecule has 2 heterocycles. The molecule has 41 heavy (non-hydrogen) atoms. The average Bonchev–Trinajstić information content (AvgIpc) is 2.99. The Bertz CT molecular complexity index is 1190. The van der Waals surface area contributed by atoms with E-state index in [1.807, 2.05) is 0 Å². The van der Waals surface area contributed by atoms with Crippen molar-refractivity contribution in [1.29, 1.82) is 0 Å². The van der Waals surface area contributed by atoms with Gasteiger partial charge in [-0.15, -0.1) is 0 Å². The third-order valence-corrected chi connectivity index (χ3v) is 11.1. The van der Waals surface area contributed by atoms with E-state index >= 15 is 0 Å². The molecule has 0 aromatic heterocycles.